The Labute approximate surface area is 201 Å². The highest BCUT2D eigenvalue weighted by Gasteiger charge is 2.52. The summed E-state index contributed by atoms with van der Waals surface area (Å²) in [7, 11) is 1.58. The van der Waals surface area contributed by atoms with E-state index in [-0.39, 0.29) is 42.6 Å². The van der Waals surface area contributed by atoms with Crippen LogP contribution in [0.1, 0.15) is 11.1 Å². The van der Waals surface area contributed by atoms with Crippen molar-refractivity contribution >= 4 is 41.1 Å². The Morgan fingerprint density at radius 2 is 1.85 bits per heavy atom. The van der Waals surface area contributed by atoms with Gasteiger partial charge in [0.2, 0.25) is 11.8 Å². The fraction of sp³-hybridized carbons (Fsp3) is 0.292. The van der Waals surface area contributed by atoms with Crippen LogP contribution >= 0.6 is 23.4 Å². The summed E-state index contributed by atoms with van der Waals surface area (Å²) < 4.78 is 10.6. The lowest BCUT2D eigenvalue weighted by molar-refractivity contribution is -0.148. The first-order valence-electron chi connectivity index (χ1n) is 10.4. The Morgan fingerprint density at radius 3 is 2.52 bits per heavy atom. The molecule has 4 rings (SSSR count). The number of amides is 2. The van der Waals surface area contributed by atoms with Crippen LogP contribution in [0.2, 0.25) is 0 Å². The van der Waals surface area contributed by atoms with Crippen LogP contribution in [0.15, 0.2) is 65.1 Å². The van der Waals surface area contributed by atoms with Gasteiger partial charge < -0.3 is 19.7 Å². The zero-order valence-electron chi connectivity index (χ0n) is 18.0. The number of nitrogens with zero attached hydrogens (tertiary/aromatic N) is 1. The highest BCUT2D eigenvalue weighted by molar-refractivity contribution is 8.04. The summed E-state index contributed by atoms with van der Waals surface area (Å²) >= 11 is 7.28. The van der Waals surface area contributed by atoms with E-state index in [0.29, 0.717) is 10.5 Å². The predicted octanol–water partition coefficient (Wildman–Crippen LogP) is 2.87. The number of benzene rings is 2. The van der Waals surface area contributed by atoms with Crippen LogP contribution in [0, 0.1) is 0 Å². The van der Waals surface area contributed by atoms with Crippen molar-refractivity contribution < 1.29 is 23.9 Å². The van der Waals surface area contributed by atoms with Crippen LogP contribution in [0.4, 0.5) is 0 Å². The molecule has 0 bridgehead atoms. The summed E-state index contributed by atoms with van der Waals surface area (Å²) in [4.78, 5) is 39.9. The first-order chi connectivity index (χ1) is 16.0. The molecule has 0 saturated carbocycles. The third-order valence-electron chi connectivity index (χ3n) is 5.46. The molecule has 1 saturated heterocycles. The number of methoxy groups -OCH3 is 1. The van der Waals surface area contributed by atoms with E-state index < -0.39 is 12.0 Å². The quantitative estimate of drug-likeness (QED) is 0.351. The zero-order chi connectivity index (χ0) is 23.4. The Kier molecular flexibility index (Phi) is 7.25. The van der Waals surface area contributed by atoms with Crippen molar-refractivity contribution in [1.29, 1.82) is 0 Å². The van der Waals surface area contributed by atoms with E-state index in [1.54, 1.807) is 24.1 Å². The van der Waals surface area contributed by atoms with Crippen LogP contribution in [0.25, 0.3) is 0 Å². The van der Waals surface area contributed by atoms with Gasteiger partial charge >= 0.3 is 5.97 Å². The number of hydrogen-bond donors (Lipinski definition) is 1. The molecule has 1 N–H and O–H groups in total. The minimum absolute atomic E-state index is 0.104. The van der Waals surface area contributed by atoms with Crippen molar-refractivity contribution in [3.05, 3.63) is 76.2 Å². The lowest BCUT2D eigenvalue weighted by Crippen LogP contribution is -2.70. The molecule has 2 heterocycles. The van der Waals surface area contributed by atoms with Gasteiger partial charge in [-0.05, 0) is 28.8 Å². The molecule has 7 nitrogen and oxygen atoms in total. The third kappa shape index (κ3) is 5.17. The number of hydrogen-bond acceptors (Lipinski definition) is 6. The molecule has 0 spiro atoms. The first-order valence-corrected chi connectivity index (χ1v) is 11.8. The van der Waals surface area contributed by atoms with Crippen LogP contribution in [0.3, 0.4) is 0 Å². The molecule has 9 heteroatoms. The molecule has 2 aliphatic rings. The molecule has 1 unspecified atom stereocenters. The van der Waals surface area contributed by atoms with Crippen molar-refractivity contribution in [2.24, 2.45) is 0 Å². The van der Waals surface area contributed by atoms with E-state index in [1.165, 1.54) is 11.8 Å². The van der Waals surface area contributed by atoms with Gasteiger partial charge in [0.05, 0.1) is 18.4 Å². The number of rotatable bonds is 8. The van der Waals surface area contributed by atoms with E-state index >= 15 is 0 Å². The number of carbonyl (C=O) groups excluding carboxylic acids is 3. The van der Waals surface area contributed by atoms with Crippen molar-refractivity contribution in [3.8, 4) is 5.75 Å². The number of ether oxygens (including phenoxy) is 2. The summed E-state index contributed by atoms with van der Waals surface area (Å²) in [6, 6.07) is 15.9. The van der Waals surface area contributed by atoms with Gasteiger partial charge in [-0.15, -0.1) is 11.6 Å². The lowest BCUT2D eigenvalue weighted by atomic mass is 10.0. The average Bonchev–Trinajstić information content (AvgIpc) is 2.85. The monoisotopic (exact) mass is 486 g/mol. The Bertz CT molecular complexity index is 1070. The number of nitrogens with one attached hydrogen (secondary N) is 1. The predicted molar refractivity (Wildman–Crippen MR) is 126 cm³/mol. The largest absolute Gasteiger partial charge is 0.497 e. The van der Waals surface area contributed by atoms with E-state index in [0.717, 1.165) is 16.9 Å². The molecule has 172 valence electrons. The Morgan fingerprint density at radius 1 is 1.12 bits per heavy atom. The van der Waals surface area contributed by atoms with Gasteiger partial charge in [-0.2, -0.15) is 0 Å². The van der Waals surface area contributed by atoms with Crippen molar-refractivity contribution in [2.75, 3.05) is 19.5 Å². The van der Waals surface area contributed by atoms with Gasteiger partial charge in [0, 0.05) is 12.4 Å². The molecule has 2 aromatic rings. The summed E-state index contributed by atoms with van der Waals surface area (Å²) in [5.41, 5.74) is 2.33. The van der Waals surface area contributed by atoms with Gasteiger partial charge in [0.1, 0.15) is 23.8 Å². The Hall–Kier alpha value is -2.97. The van der Waals surface area contributed by atoms with Gasteiger partial charge in [0.25, 0.3) is 0 Å². The standard InChI is InChI=1S/C24H23ClN2O5S/c1-31-18-9-7-16(8-10-18)14-32-24(30)21-17(12-25)13-27-22(29)20(23(27)33-21)26-19(28)11-15-5-3-2-4-6-15/h2-10,20,23H,11-14H2,1H3,(H,26,28)/t20?,23-/m0/s1. The number of β-lactam (4-membered cyclic amide) rings is 1. The number of thioether (sulfide) groups is 1. The first kappa shape index (κ1) is 23.2. The molecule has 2 atom stereocenters. The van der Waals surface area contributed by atoms with Crippen LogP contribution in [-0.2, 0) is 32.1 Å². The SMILES string of the molecule is COc1ccc(COC(=O)C2=C(CCl)CN3C(=O)C(NC(=O)Cc4ccccc4)[C@@H]3S2)cc1. The van der Waals surface area contributed by atoms with Gasteiger partial charge in [-0.3, -0.25) is 9.59 Å². The molecule has 2 aliphatic heterocycles. The third-order valence-corrected chi connectivity index (χ3v) is 7.24. The summed E-state index contributed by atoms with van der Waals surface area (Å²) in [5, 5.41) is 2.44. The maximum absolute atomic E-state index is 12.8. The second kappa shape index (κ2) is 10.3. The second-order valence-corrected chi connectivity index (χ2v) is 9.07. The van der Waals surface area contributed by atoms with Crippen LogP contribution in [0.5, 0.6) is 5.75 Å². The maximum Gasteiger partial charge on any atom is 0.345 e. The van der Waals surface area contributed by atoms with E-state index in [9.17, 15) is 14.4 Å². The molecule has 1 fully saturated rings. The number of esters is 1. The second-order valence-electron chi connectivity index (χ2n) is 7.67. The molecule has 0 aromatic heterocycles. The fourth-order valence-electron chi connectivity index (χ4n) is 3.68. The van der Waals surface area contributed by atoms with Gasteiger partial charge in [-0.25, -0.2) is 4.79 Å². The Balaban J connectivity index is 1.38. The lowest BCUT2D eigenvalue weighted by Gasteiger charge is -2.49. The van der Waals surface area contributed by atoms with E-state index in [4.69, 9.17) is 21.1 Å². The van der Waals surface area contributed by atoms with Gasteiger partial charge in [-0.1, -0.05) is 54.2 Å². The van der Waals surface area contributed by atoms with E-state index in [1.807, 2.05) is 42.5 Å². The number of fused-ring (bicyclic) bond motifs is 1. The normalized spacial score (nSPS) is 19.5. The van der Waals surface area contributed by atoms with Crippen molar-refractivity contribution in [3.63, 3.8) is 0 Å². The summed E-state index contributed by atoms with van der Waals surface area (Å²) in [5.74, 6) is -0.0747. The van der Waals surface area contributed by atoms with Crippen molar-refractivity contribution in [1.82, 2.24) is 10.2 Å². The molecule has 2 amide bonds. The minimum Gasteiger partial charge on any atom is -0.497 e. The van der Waals surface area contributed by atoms with Gasteiger partial charge in [0.15, 0.2) is 0 Å². The van der Waals surface area contributed by atoms with Crippen LogP contribution < -0.4 is 10.1 Å². The van der Waals surface area contributed by atoms with Crippen molar-refractivity contribution in [2.45, 2.75) is 24.4 Å². The van der Waals surface area contributed by atoms with E-state index in [2.05, 4.69) is 5.32 Å². The smallest absolute Gasteiger partial charge is 0.345 e. The number of halogens is 1. The average molecular weight is 487 g/mol. The molecule has 0 radical (unpaired) electrons. The molecule has 33 heavy (non-hydrogen) atoms. The molecule has 0 aliphatic carbocycles. The zero-order valence-corrected chi connectivity index (χ0v) is 19.5. The topological polar surface area (TPSA) is 84.9 Å². The number of carbonyl (C=O) groups is 3. The summed E-state index contributed by atoms with van der Waals surface area (Å²) in [6.07, 6.45) is 0.182. The summed E-state index contributed by atoms with van der Waals surface area (Å²) in [6.45, 7) is 0.352. The fourth-order valence-corrected chi connectivity index (χ4v) is 5.30. The highest BCUT2D eigenvalue weighted by atomic mass is 35.5. The molecular weight excluding hydrogens is 464 g/mol. The molecular formula is C24H23ClN2O5S. The highest BCUT2D eigenvalue weighted by Crippen LogP contribution is 2.42. The number of alkyl halides is 1. The minimum atomic E-state index is -0.688. The van der Waals surface area contributed by atoms with Crippen LogP contribution in [-0.4, -0.2) is 53.6 Å². The maximum atomic E-state index is 12.8. The molecule has 2 aromatic carbocycles.